The van der Waals surface area contributed by atoms with E-state index in [1.807, 2.05) is 13.8 Å². The second-order valence-corrected chi connectivity index (χ2v) is 3.99. The van der Waals surface area contributed by atoms with Gasteiger partial charge in [0, 0.05) is 13.2 Å². The average molecular weight is 259 g/mol. The lowest BCUT2D eigenvalue weighted by atomic mass is 10.4. The van der Waals surface area contributed by atoms with Crippen molar-refractivity contribution >= 4 is 17.4 Å². The van der Waals surface area contributed by atoms with E-state index in [1.165, 1.54) is 0 Å². The van der Waals surface area contributed by atoms with Gasteiger partial charge in [-0.15, -0.1) is 5.10 Å². The predicted molar refractivity (Wildman–Crippen MR) is 64.0 cm³/mol. The number of hydrogen-bond donors (Lipinski definition) is 1. The quantitative estimate of drug-likeness (QED) is 0.739. The molecular formula is C10H17N3O3S. The van der Waals surface area contributed by atoms with Crippen LogP contribution in [0.25, 0.3) is 0 Å². The summed E-state index contributed by atoms with van der Waals surface area (Å²) in [5.41, 5.74) is 0.636. The van der Waals surface area contributed by atoms with Gasteiger partial charge in [0.05, 0.1) is 12.2 Å². The summed E-state index contributed by atoms with van der Waals surface area (Å²) in [6.45, 7) is 6.92. The van der Waals surface area contributed by atoms with Crippen molar-refractivity contribution in [1.82, 2.24) is 14.9 Å². The molecule has 0 aliphatic carbocycles. The van der Waals surface area contributed by atoms with Crippen molar-refractivity contribution in [2.45, 2.75) is 27.1 Å². The average Bonchev–Trinajstić information content (AvgIpc) is 2.72. The van der Waals surface area contributed by atoms with Gasteiger partial charge in [0.2, 0.25) is 0 Å². The molecule has 96 valence electrons. The number of amides is 1. The molecule has 1 N–H and O–H groups in total. The summed E-state index contributed by atoms with van der Waals surface area (Å²) in [6, 6.07) is 0. The smallest absolute Gasteiger partial charge is 0.265 e. The number of carbonyl (C=O) groups excluding carboxylic acids is 1. The molecule has 0 spiro atoms. The Morgan fingerprint density at radius 1 is 1.41 bits per heavy atom. The van der Waals surface area contributed by atoms with Gasteiger partial charge < -0.3 is 14.8 Å². The molecule has 0 saturated heterocycles. The van der Waals surface area contributed by atoms with Gasteiger partial charge in [-0.05, 0) is 32.3 Å². The van der Waals surface area contributed by atoms with E-state index in [-0.39, 0.29) is 5.91 Å². The maximum atomic E-state index is 11.7. The van der Waals surface area contributed by atoms with Gasteiger partial charge in [0.1, 0.15) is 4.88 Å². The highest BCUT2D eigenvalue weighted by molar-refractivity contribution is 7.07. The van der Waals surface area contributed by atoms with Crippen molar-refractivity contribution in [1.29, 1.82) is 0 Å². The molecule has 1 heterocycles. The Morgan fingerprint density at radius 3 is 2.53 bits per heavy atom. The minimum atomic E-state index is -0.407. The summed E-state index contributed by atoms with van der Waals surface area (Å²) in [4.78, 5) is 12.3. The van der Waals surface area contributed by atoms with Crippen molar-refractivity contribution in [3.8, 4) is 0 Å². The van der Waals surface area contributed by atoms with Crippen LogP contribution in [0.2, 0.25) is 0 Å². The minimum absolute atomic E-state index is 0.193. The molecule has 0 saturated carbocycles. The van der Waals surface area contributed by atoms with Crippen molar-refractivity contribution in [3.63, 3.8) is 0 Å². The van der Waals surface area contributed by atoms with E-state index in [0.717, 1.165) is 11.5 Å². The van der Waals surface area contributed by atoms with E-state index >= 15 is 0 Å². The summed E-state index contributed by atoms with van der Waals surface area (Å²) in [5, 5.41) is 6.52. The summed E-state index contributed by atoms with van der Waals surface area (Å²) in [6.07, 6.45) is -0.407. The van der Waals surface area contributed by atoms with Crippen LogP contribution in [0, 0.1) is 6.92 Å². The van der Waals surface area contributed by atoms with Crippen molar-refractivity contribution in [3.05, 3.63) is 10.6 Å². The molecule has 0 aliphatic heterocycles. The third-order valence-corrected chi connectivity index (χ3v) is 2.82. The fourth-order valence-electron chi connectivity index (χ4n) is 1.23. The number of ether oxygens (including phenoxy) is 2. The summed E-state index contributed by atoms with van der Waals surface area (Å²) >= 11 is 1.08. The van der Waals surface area contributed by atoms with E-state index in [1.54, 1.807) is 6.92 Å². The standard InChI is InChI=1S/C10H17N3O3S/c1-4-15-8(16-5-2)6-11-10(14)9-7(3)12-13-17-9/h8H,4-6H2,1-3H3,(H,11,14). The molecule has 7 heteroatoms. The third-order valence-electron chi connectivity index (χ3n) is 1.99. The van der Waals surface area contributed by atoms with Gasteiger partial charge in [-0.25, -0.2) is 0 Å². The molecule has 6 nitrogen and oxygen atoms in total. The largest absolute Gasteiger partial charge is 0.351 e. The van der Waals surface area contributed by atoms with E-state index in [2.05, 4.69) is 14.9 Å². The topological polar surface area (TPSA) is 73.3 Å². The van der Waals surface area contributed by atoms with Crippen LogP contribution in [0.5, 0.6) is 0 Å². The molecule has 0 radical (unpaired) electrons. The predicted octanol–water partition coefficient (Wildman–Crippen LogP) is 0.975. The van der Waals surface area contributed by atoms with Gasteiger partial charge in [-0.3, -0.25) is 4.79 Å². The first-order valence-corrected chi connectivity index (χ1v) is 6.26. The van der Waals surface area contributed by atoms with E-state index < -0.39 is 6.29 Å². The summed E-state index contributed by atoms with van der Waals surface area (Å²) in [7, 11) is 0. The van der Waals surface area contributed by atoms with Crippen molar-refractivity contribution in [2.75, 3.05) is 19.8 Å². The van der Waals surface area contributed by atoms with Crippen LogP contribution in [0.3, 0.4) is 0 Å². The lowest BCUT2D eigenvalue weighted by Crippen LogP contribution is -2.35. The fourth-order valence-corrected chi connectivity index (χ4v) is 1.81. The molecule has 0 bridgehead atoms. The second kappa shape index (κ2) is 7.31. The Hall–Kier alpha value is -1.05. The van der Waals surface area contributed by atoms with Crippen LogP contribution in [-0.4, -0.2) is 41.5 Å². The van der Waals surface area contributed by atoms with E-state index in [4.69, 9.17) is 9.47 Å². The molecule has 0 aliphatic rings. The number of nitrogens with one attached hydrogen (secondary N) is 1. The first kappa shape index (κ1) is 14.0. The Balaban J connectivity index is 2.43. The molecule has 1 amide bonds. The van der Waals surface area contributed by atoms with Gasteiger partial charge in [0.15, 0.2) is 6.29 Å². The maximum absolute atomic E-state index is 11.7. The number of carbonyl (C=O) groups is 1. The fraction of sp³-hybridized carbons (Fsp3) is 0.700. The highest BCUT2D eigenvalue weighted by Gasteiger charge is 2.15. The number of rotatable bonds is 7. The Labute approximate surface area is 104 Å². The van der Waals surface area contributed by atoms with Crippen LogP contribution < -0.4 is 5.32 Å². The van der Waals surface area contributed by atoms with Crippen LogP contribution in [0.15, 0.2) is 0 Å². The van der Waals surface area contributed by atoms with E-state index in [9.17, 15) is 4.79 Å². The number of aromatic nitrogens is 2. The summed E-state index contributed by atoms with van der Waals surface area (Å²) in [5.74, 6) is -0.193. The molecule has 0 aromatic carbocycles. The lowest BCUT2D eigenvalue weighted by molar-refractivity contribution is -0.131. The van der Waals surface area contributed by atoms with Crippen LogP contribution >= 0.6 is 11.5 Å². The van der Waals surface area contributed by atoms with E-state index in [0.29, 0.717) is 30.3 Å². The second-order valence-electron chi connectivity index (χ2n) is 3.24. The molecular weight excluding hydrogens is 242 g/mol. The minimum Gasteiger partial charge on any atom is -0.351 e. The molecule has 0 atom stereocenters. The zero-order valence-electron chi connectivity index (χ0n) is 10.2. The monoisotopic (exact) mass is 259 g/mol. The Kier molecular flexibility index (Phi) is 6.03. The highest BCUT2D eigenvalue weighted by Crippen LogP contribution is 2.08. The normalized spacial score (nSPS) is 10.8. The molecule has 0 unspecified atom stereocenters. The molecule has 1 rings (SSSR count). The number of aryl methyl sites for hydroxylation is 1. The Bertz CT molecular complexity index is 350. The SMILES string of the molecule is CCOC(CNC(=O)c1snnc1C)OCC. The van der Waals surface area contributed by atoms with Crippen LogP contribution in [-0.2, 0) is 9.47 Å². The highest BCUT2D eigenvalue weighted by atomic mass is 32.1. The van der Waals surface area contributed by atoms with Gasteiger partial charge in [-0.1, -0.05) is 4.49 Å². The zero-order valence-corrected chi connectivity index (χ0v) is 11.0. The van der Waals surface area contributed by atoms with Crippen molar-refractivity contribution < 1.29 is 14.3 Å². The molecule has 1 aromatic rings. The lowest BCUT2D eigenvalue weighted by Gasteiger charge is -2.17. The summed E-state index contributed by atoms with van der Waals surface area (Å²) < 4.78 is 14.3. The molecule has 0 fully saturated rings. The zero-order chi connectivity index (χ0) is 12.7. The van der Waals surface area contributed by atoms with Gasteiger partial charge in [-0.2, -0.15) is 0 Å². The molecule has 17 heavy (non-hydrogen) atoms. The van der Waals surface area contributed by atoms with Crippen molar-refractivity contribution in [2.24, 2.45) is 0 Å². The first-order chi connectivity index (χ1) is 8.19. The van der Waals surface area contributed by atoms with Gasteiger partial charge >= 0.3 is 0 Å². The first-order valence-electron chi connectivity index (χ1n) is 5.49. The van der Waals surface area contributed by atoms with Crippen LogP contribution in [0.4, 0.5) is 0 Å². The van der Waals surface area contributed by atoms with Gasteiger partial charge in [0.25, 0.3) is 5.91 Å². The number of nitrogens with zero attached hydrogens (tertiary/aromatic N) is 2. The van der Waals surface area contributed by atoms with Crippen LogP contribution in [0.1, 0.15) is 29.2 Å². The molecule has 1 aromatic heterocycles. The third kappa shape index (κ3) is 4.37. The maximum Gasteiger partial charge on any atom is 0.265 e. The number of hydrogen-bond acceptors (Lipinski definition) is 6. The Morgan fingerprint density at radius 2 is 2.06 bits per heavy atom.